The Balaban J connectivity index is 1.99. The van der Waals surface area contributed by atoms with Gasteiger partial charge >= 0.3 is 0 Å². The quantitative estimate of drug-likeness (QED) is 0.484. The predicted molar refractivity (Wildman–Crippen MR) is 92.5 cm³/mol. The first kappa shape index (κ1) is 19.2. The first-order valence-corrected chi connectivity index (χ1v) is 10.1. The fraction of sp³-hybridized carbons (Fsp3) is 0.667. The minimum absolute atomic E-state index is 0.294. The predicted octanol–water partition coefficient (Wildman–Crippen LogP) is 4.90. The lowest BCUT2D eigenvalue weighted by Crippen LogP contribution is -2.17. The van der Waals surface area contributed by atoms with Crippen LogP contribution in [0.25, 0.3) is 0 Å². The third kappa shape index (κ3) is 8.54. The summed E-state index contributed by atoms with van der Waals surface area (Å²) < 4.78 is 27.7. The molecular formula is C18H30NO2S. The Kier molecular flexibility index (Phi) is 10.2. The van der Waals surface area contributed by atoms with Crippen molar-refractivity contribution in [2.45, 2.75) is 76.0 Å². The van der Waals surface area contributed by atoms with Crippen molar-refractivity contribution in [3.63, 3.8) is 0 Å². The van der Waals surface area contributed by atoms with Gasteiger partial charge in [0.15, 0.2) is 0 Å². The molecule has 4 heteroatoms. The van der Waals surface area contributed by atoms with Crippen molar-refractivity contribution >= 4 is 10.0 Å². The molecule has 0 fully saturated rings. The molecule has 0 saturated heterocycles. The van der Waals surface area contributed by atoms with Crippen molar-refractivity contribution in [3.05, 3.63) is 30.3 Å². The van der Waals surface area contributed by atoms with Gasteiger partial charge in [-0.05, 0) is 18.6 Å². The summed E-state index contributed by atoms with van der Waals surface area (Å²) in [7, 11) is -3.45. The Morgan fingerprint density at radius 1 is 0.773 bits per heavy atom. The standard InChI is InChI=1S/C18H30NO2S/c1-2-3-4-5-6-7-8-9-10-14-17-19-22(20,21)18-15-12-11-13-16-18/h11-13,15-16H,2-10,14,17H2,1H3. The zero-order valence-electron chi connectivity index (χ0n) is 13.8. The Hall–Kier alpha value is -0.870. The number of nitrogens with zero attached hydrogens (tertiary/aromatic N) is 1. The van der Waals surface area contributed by atoms with Gasteiger partial charge in [-0.25, -0.2) is 8.42 Å². The maximum absolute atomic E-state index is 11.9. The van der Waals surface area contributed by atoms with Crippen LogP contribution in [0.4, 0.5) is 0 Å². The molecule has 0 saturated carbocycles. The molecule has 0 spiro atoms. The highest BCUT2D eigenvalue weighted by molar-refractivity contribution is 7.89. The van der Waals surface area contributed by atoms with Crippen molar-refractivity contribution in [1.29, 1.82) is 0 Å². The van der Waals surface area contributed by atoms with Crippen LogP contribution in [-0.2, 0) is 10.0 Å². The molecule has 0 aliphatic rings. The van der Waals surface area contributed by atoms with Crippen LogP contribution in [0.15, 0.2) is 35.2 Å². The lowest BCUT2D eigenvalue weighted by Gasteiger charge is -2.04. The normalized spacial score (nSPS) is 11.7. The highest BCUT2D eigenvalue weighted by Crippen LogP contribution is 2.11. The van der Waals surface area contributed by atoms with Crippen LogP contribution in [0.5, 0.6) is 0 Å². The van der Waals surface area contributed by atoms with Crippen molar-refractivity contribution in [2.24, 2.45) is 0 Å². The summed E-state index contributed by atoms with van der Waals surface area (Å²) in [5.74, 6) is 0. The highest BCUT2D eigenvalue weighted by atomic mass is 32.2. The fourth-order valence-corrected chi connectivity index (χ4v) is 3.47. The molecule has 1 radical (unpaired) electrons. The largest absolute Gasteiger partial charge is 0.256 e. The highest BCUT2D eigenvalue weighted by Gasteiger charge is 2.13. The molecule has 3 nitrogen and oxygen atoms in total. The fourth-order valence-electron chi connectivity index (χ4n) is 2.45. The molecule has 125 valence electrons. The average Bonchev–Trinajstić information content (AvgIpc) is 2.53. The van der Waals surface area contributed by atoms with Crippen LogP contribution in [-0.4, -0.2) is 15.0 Å². The number of hydrogen-bond donors (Lipinski definition) is 0. The maximum Gasteiger partial charge on any atom is 0.256 e. The van der Waals surface area contributed by atoms with Crippen LogP contribution in [0.3, 0.4) is 0 Å². The molecule has 1 rings (SSSR count). The van der Waals surface area contributed by atoms with E-state index in [1.165, 1.54) is 51.4 Å². The van der Waals surface area contributed by atoms with Gasteiger partial charge in [0.1, 0.15) is 0 Å². The summed E-state index contributed by atoms with van der Waals surface area (Å²) in [6, 6.07) is 8.45. The molecule has 0 aliphatic heterocycles. The maximum atomic E-state index is 11.9. The Morgan fingerprint density at radius 2 is 1.27 bits per heavy atom. The smallest absolute Gasteiger partial charge is 0.206 e. The average molecular weight is 325 g/mol. The van der Waals surface area contributed by atoms with E-state index in [0.29, 0.717) is 11.4 Å². The molecular weight excluding hydrogens is 294 g/mol. The molecule has 0 aromatic heterocycles. The Labute approximate surface area is 136 Å². The molecule has 0 atom stereocenters. The van der Waals surface area contributed by atoms with Gasteiger partial charge in [-0.1, -0.05) is 82.9 Å². The third-order valence-electron chi connectivity index (χ3n) is 3.81. The van der Waals surface area contributed by atoms with Crippen LogP contribution in [0, 0.1) is 0 Å². The van der Waals surface area contributed by atoms with Gasteiger partial charge in [-0.15, -0.1) is 4.72 Å². The van der Waals surface area contributed by atoms with E-state index in [2.05, 4.69) is 11.6 Å². The summed E-state index contributed by atoms with van der Waals surface area (Å²) in [4.78, 5) is 0.294. The molecule has 0 N–H and O–H groups in total. The summed E-state index contributed by atoms with van der Waals surface area (Å²) in [6.45, 7) is 2.65. The van der Waals surface area contributed by atoms with E-state index in [9.17, 15) is 8.42 Å². The number of sulfonamides is 1. The molecule has 1 aromatic rings. The van der Waals surface area contributed by atoms with Crippen molar-refractivity contribution < 1.29 is 8.42 Å². The van der Waals surface area contributed by atoms with Gasteiger partial charge in [-0.2, -0.15) is 0 Å². The van der Waals surface area contributed by atoms with E-state index < -0.39 is 10.0 Å². The second-order valence-electron chi connectivity index (χ2n) is 5.82. The minimum atomic E-state index is -3.45. The number of benzene rings is 1. The van der Waals surface area contributed by atoms with E-state index in [-0.39, 0.29) is 0 Å². The molecule has 0 unspecified atom stereocenters. The zero-order chi connectivity index (χ0) is 16.1. The molecule has 1 aromatic carbocycles. The molecule has 0 amide bonds. The number of unbranched alkanes of at least 4 members (excludes halogenated alkanes) is 9. The van der Waals surface area contributed by atoms with Crippen LogP contribution in [0.1, 0.15) is 71.1 Å². The van der Waals surface area contributed by atoms with Crippen LogP contribution >= 0.6 is 0 Å². The van der Waals surface area contributed by atoms with Gasteiger partial charge in [0.25, 0.3) is 10.0 Å². The van der Waals surface area contributed by atoms with Gasteiger partial charge in [0.05, 0.1) is 4.90 Å². The van der Waals surface area contributed by atoms with Crippen LogP contribution in [0.2, 0.25) is 0 Å². The topological polar surface area (TPSA) is 48.2 Å². The van der Waals surface area contributed by atoms with Crippen molar-refractivity contribution in [1.82, 2.24) is 4.72 Å². The van der Waals surface area contributed by atoms with Gasteiger partial charge in [-0.3, -0.25) is 0 Å². The summed E-state index contributed by atoms with van der Waals surface area (Å²) in [5.41, 5.74) is 0. The van der Waals surface area contributed by atoms with E-state index >= 15 is 0 Å². The van der Waals surface area contributed by atoms with E-state index in [1.54, 1.807) is 30.3 Å². The Bertz CT molecular complexity index is 471. The third-order valence-corrected chi connectivity index (χ3v) is 5.20. The lowest BCUT2D eigenvalue weighted by atomic mass is 10.1. The van der Waals surface area contributed by atoms with E-state index in [0.717, 1.165) is 12.8 Å². The summed E-state index contributed by atoms with van der Waals surface area (Å²) in [6.07, 6.45) is 12.4. The summed E-state index contributed by atoms with van der Waals surface area (Å²) >= 11 is 0. The SMILES string of the molecule is CCCCCCCCCCCC[N]S(=O)(=O)c1ccccc1. The Morgan fingerprint density at radius 3 is 1.82 bits per heavy atom. The van der Waals surface area contributed by atoms with E-state index in [4.69, 9.17) is 0 Å². The summed E-state index contributed by atoms with van der Waals surface area (Å²) in [5, 5.41) is 0. The second-order valence-corrected chi connectivity index (χ2v) is 7.50. The van der Waals surface area contributed by atoms with Crippen molar-refractivity contribution in [2.75, 3.05) is 6.54 Å². The van der Waals surface area contributed by atoms with Crippen LogP contribution < -0.4 is 4.72 Å². The number of hydrogen-bond acceptors (Lipinski definition) is 2. The molecule has 0 aliphatic carbocycles. The minimum Gasteiger partial charge on any atom is -0.206 e. The monoisotopic (exact) mass is 324 g/mol. The van der Waals surface area contributed by atoms with Gasteiger partial charge in [0.2, 0.25) is 0 Å². The van der Waals surface area contributed by atoms with E-state index in [1.807, 2.05) is 0 Å². The molecule has 22 heavy (non-hydrogen) atoms. The van der Waals surface area contributed by atoms with Gasteiger partial charge < -0.3 is 0 Å². The number of rotatable bonds is 13. The molecule has 0 heterocycles. The first-order chi connectivity index (χ1) is 10.7. The molecule has 0 bridgehead atoms. The zero-order valence-corrected chi connectivity index (χ0v) is 14.7. The van der Waals surface area contributed by atoms with Gasteiger partial charge in [0, 0.05) is 6.54 Å². The second kappa shape index (κ2) is 11.7. The lowest BCUT2D eigenvalue weighted by molar-refractivity contribution is 0.547. The van der Waals surface area contributed by atoms with Crippen molar-refractivity contribution in [3.8, 4) is 0 Å². The first-order valence-electron chi connectivity index (χ1n) is 8.65.